The van der Waals surface area contributed by atoms with Gasteiger partial charge in [-0.1, -0.05) is 30.3 Å². The Labute approximate surface area is 168 Å². The molecule has 6 heteroatoms. The molecule has 2 N–H and O–H groups in total. The summed E-state index contributed by atoms with van der Waals surface area (Å²) >= 11 is 0. The molecule has 0 bridgehead atoms. The number of benzene rings is 2. The molecule has 1 aliphatic carbocycles. The third-order valence-corrected chi connectivity index (χ3v) is 5.49. The first kappa shape index (κ1) is 18.9. The van der Waals surface area contributed by atoms with E-state index < -0.39 is 11.6 Å². The van der Waals surface area contributed by atoms with E-state index in [9.17, 15) is 14.7 Å². The molecule has 2 aliphatic rings. The molecule has 0 radical (unpaired) electrons. The average Bonchev–Trinajstić information content (AvgIpc) is 3.56. The van der Waals surface area contributed by atoms with Crippen molar-refractivity contribution in [2.45, 2.75) is 30.8 Å². The van der Waals surface area contributed by atoms with Gasteiger partial charge in [0.15, 0.2) is 5.78 Å². The van der Waals surface area contributed by atoms with E-state index in [0.717, 1.165) is 24.2 Å². The fraction of sp³-hybridized carbons (Fsp3) is 0.261. The summed E-state index contributed by atoms with van der Waals surface area (Å²) in [6.07, 6.45) is 4.84. The summed E-state index contributed by atoms with van der Waals surface area (Å²) in [4.78, 5) is 29.8. The molecule has 2 aromatic rings. The summed E-state index contributed by atoms with van der Waals surface area (Å²) in [5.74, 6) is 0.369. The second kappa shape index (κ2) is 7.54. The van der Waals surface area contributed by atoms with Crippen LogP contribution in [-0.4, -0.2) is 36.3 Å². The lowest BCUT2D eigenvalue weighted by molar-refractivity contribution is -0.124. The molecule has 1 fully saturated rings. The van der Waals surface area contributed by atoms with Gasteiger partial charge in [0, 0.05) is 18.2 Å². The van der Waals surface area contributed by atoms with E-state index in [0.29, 0.717) is 12.0 Å². The van der Waals surface area contributed by atoms with Crippen molar-refractivity contribution in [1.29, 1.82) is 0 Å². The molecule has 148 valence electrons. The van der Waals surface area contributed by atoms with Crippen LogP contribution in [0.2, 0.25) is 0 Å². The monoisotopic (exact) mass is 390 g/mol. The zero-order valence-corrected chi connectivity index (χ0v) is 16.1. The van der Waals surface area contributed by atoms with Crippen molar-refractivity contribution in [3.63, 3.8) is 0 Å². The van der Waals surface area contributed by atoms with Crippen molar-refractivity contribution < 1.29 is 19.4 Å². The van der Waals surface area contributed by atoms with Gasteiger partial charge >= 0.3 is 0 Å². The maximum atomic E-state index is 12.9. The highest BCUT2D eigenvalue weighted by molar-refractivity contribution is 6.22. The van der Waals surface area contributed by atoms with Gasteiger partial charge in [-0.25, -0.2) is 0 Å². The summed E-state index contributed by atoms with van der Waals surface area (Å²) in [5, 5.41) is 12.8. The number of rotatable bonds is 6. The lowest BCUT2D eigenvalue weighted by atomic mass is 9.94. The molecule has 0 saturated heterocycles. The van der Waals surface area contributed by atoms with E-state index in [1.165, 1.54) is 12.3 Å². The van der Waals surface area contributed by atoms with Crippen LogP contribution in [-0.2, 0) is 10.2 Å². The number of phenols is 1. The number of amides is 1. The molecule has 2 aromatic carbocycles. The number of dihydropyridines is 1. The predicted molar refractivity (Wildman–Crippen MR) is 109 cm³/mol. The van der Waals surface area contributed by atoms with Gasteiger partial charge in [-0.05, 0) is 42.7 Å². The number of para-hydroxylation sites is 1. The Morgan fingerprint density at radius 1 is 1.14 bits per heavy atom. The Kier molecular flexibility index (Phi) is 4.92. The number of carbonyl (C=O) groups excluding carboxylic acids is 2. The SMILES string of the molecule is COc1ccc(C2(C(=O)NC3CC=C(C(=O)c4ccccc4O)C=N3)CC2)cc1. The zero-order chi connectivity index (χ0) is 20.4. The van der Waals surface area contributed by atoms with Gasteiger partial charge in [0.25, 0.3) is 0 Å². The molecule has 1 atom stereocenters. The number of allylic oxidation sites excluding steroid dienone is 1. The van der Waals surface area contributed by atoms with E-state index in [1.54, 1.807) is 31.4 Å². The second-order valence-corrected chi connectivity index (χ2v) is 7.32. The maximum Gasteiger partial charge on any atom is 0.232 e. The Morgan fingerprint density at radius 3 is 2.45 bits per heavy atom. The summed E-state index contributed by atoms with van der Waals surface area (Å²) in [7, 11) is 1.61. The normalized spacial score (nSPS) is 19.2. The van der Waals surface area contributed by atoms with Gasteiger partial charge in [-0.3, -0.25) is 14.6 Å². The maximum absolute atomic E-state index is 12.9. The van der Waals surface area contributed by atoms with Crippen LogP contribution in [0.4, 0.5) is 0 Å². The molecule has 1 unspecified atom stereocenters. The molecule has 29 heavy (non-hydrogen) atoms. The molecule has 1 aliphatic heterocycles. The first-order valence-corrected chi connectivity index (χ1v) is 9.55. The third kappa shape index (κ3) is 3.66. The van der Waals surface area contributed by atoms with Gasteiger partial charge in [0.2, 0.25) is 5.91 Å². The predicted octanol–water partition coefficient (Wildman–Crippen LogP) is 3.16. The highest BCUT2D eigenvalue weighted by Gasteiger charge is 2.51. The molecule has 6 nitrogen and oxygen atoms in total. The van der Waals surface area contributed by atoms with Crippen LogP contribution in [0.5, 0.6) is 11.5 Å². The Bertz CT molecular complexity index is 1000. The number of hydrogen-bond donors (Lipinski definition) is 2. The molecule has 1 saturated carbocycles. The smallest absolute Gasteiger partial charge is 0.232 e. The van der Waals surface area contributed by atoms with Gasteiger partial charge in [-0.2, -0.15) is 0 Å². The van der Waals surface area contributed by atoms with Crippen LogP contribution >= 0.6 is 0 Å². The molecule has 1 heterocycles. The standard InChI is InChI=1S/C23H22N2O4/c1-29-17-9-7-16(8-10-17)23(12-13-23)22(28)25-20-11-6-15(14-24-20)21(27)18-4-2-3-5-19(18)26/h2-10,14,20,26H,11-13H2,1H3,(H,25,28). The van der Waals surface area contributed by atoms with E-state index >= 15 is 0 Å². The molecule has 0 aromatic heterocycles. The number of hydrogen-bond acceptors (Lipinski definition) is 5. The Morgan fingerprint density at radius 2 is 1.86 bits per heavy atom. The molecule has 0 spiro atoms. The number of nitrogens with zero attached hydrogens (tertiary/aromatic N) is 1. The first-order chi connectivity index (χ1) is 14.0. The number of methoxy groups -OCH3 is 1. The first-order valence-electron chi connectivity index (χ1n) is 9.55. The van der Waals surface area contributed by atoms with Crippen LogP contribution in [0.3, 0.4) is 0 Å². The van der Waals surface area contributed by atoms with E-state index in [-0.39, 0.29) is 23.0 Å². The van der Waals surface area contributed by atoms with Gasteiger partial charge in [0.05, 0.1) is 18.1 Å². The fourth-order valence-electron chi connectivity index (χ4n) is 3.56. The number of carbonyl (C=O) groups is 2. The van der Waals surface area contributed by atoms with Crippen molar-refractivity contribution in [2.24, 2.45) is 4.99 Å². The third-order valence-electron chi connectivity index (χ3n) is 5.49. The van der Waals surface area contributed by atoms with Crippen LogP contribution in [0.15, 0.2) is 65.2 Å². The van der Waals surface area contributed by atoms with Crippen LogP contribution in [0.25, 0.3) is 0 Å². The van der Waals surface area contributed by atoms with Gasteiger partial charge in [0.1, 0.15) is 17.7 Å². The minimum absolute atomic E-state index is 0.0475. The summed E-state index contributed by atoms with van der Waals surface area (Å²) in [5.41, 5.74) is 1.12. The van der Waals surface area contributed by atoms with E-state index in [1.807, 2.05) is 24.3 Å². The lowest BCUT2D eigenvalue weighted by Gasteiger charge is -2.21. The summed E-state index contributed by atoms with van der Waals surface area (Å²) in [6.45, 7) is 0. The van der Waals surface area contributed by atoms with E-state index in [4.69, 9.17) is 4.74 Å². The zero-order valence-electron chi connectivity index (χ0n) is 16.1. The number of Topliss-reactive ketones (excluding diaryl/α,β-unsaturated/α-hetero) is 1. The van der Waals surface area contributed by atoms with Crippen molar-refractivity contribution in [3.8, 4) is 11.5 Å². The van der Waals surface area contributed by atoms with Crippen molar-refractivity contribution in [2.75, 3.05) is 7.11 Å². The number of aromatic hydroxyl groups is 1. The van der Waals surface area contributed by atoms with Crippen LogP contribution in [0, 0.1) is 0 Å². The number of nitrogens with one attached hydrogen (secondary N) is 1. The highest BCUT2D eigenvalue weighted by atomic mass is 16.5. The Hall–Kier alpha value is -3.41. The van der Waals surface area contributed by atoms with E-state index in [2.05, 4.69) is 10.3 Å². The van der Waals surface area contributed by atoms with Gasteiger partial charge < -0.3 is 15.2 Å². The quantitative estimate of drug-likeness (QED) is 0.742. The summed E-state index contributed by atoms with van der Waals surface area (Å²) < 4.78 is 5.18. The molecule has 1 amide bonds. The van der Waals surface area contributed by atoms with Gasteiger partial charge in [-0.15, -0.1) is 0 Å². The van der Waals surface area contributed by atoms with Crippen LogP contribution < -0.4 is 10.1 Å². The van der Waals surface area contributed by atoms with Crippen molar-refractivity contribution in [3.05, 3.63) is 71.3 Å². The number of ketones is 1. The number of aliphatic imine (C=N–C) groups is 1. The topological polar surface area (TPSA) is 88.0 Å². The van der Waals surface area contributed by atoms with Crippen molar-refractivity contribution in [1.82, 2.24) is 5.32 Å². The van der Waals surface area contributed by atoms with Crippen molar-refractivity contribution >= 4 is 17.9 Å². The Balaban J connectivity index is 1.40. The summed E-state index contributed by atoms with van der Waals surface area (Å²) in [6, 6.07) is 14.0. The minimum Gasteiger partial charge on any atom is -0.507 e. The number of ether oxygens (including phenoxy) is 1. The molecular weight excluding hydrogens is 368 g/mol. The molecule has 4 rings (SSSR count). The highest BCUT2D eigenvalue weighted by Crippen LogP contribution is 2.48. The lowest BCUT2D eigenvalue weighted by Crippen LogP contribution is -2.41. The average molecular weight is 390 g/mol. The van der Waals surface area contributed by atoms with Crippen LogP contribution in [0.1, 0.15) is 35.2 Å². The molecular formula is C23H22N2O4. The second-order valence-electron chi connectivity index (χ2n) is 7.32. The largest absolute Gasteiger partial charge is 0.507 e. The number of phenolic OH excluding ortho intramolecular Hbond substituents is 1. The fourth-order valence-corrected chi connectivity index (χ4v) is 3.56. The minimum atomic E-state index is -0.503.